The van der Waals surface area contributed by atoms with Crippen molar-refractivity contribution in [2.75, 3.05) is 17.1 Å². The molecule has 7 nitrogen and oxygen atoms in total. The molecule has 0 saturated heterocycles. The van der Waals surface area contributed by atoms with Gasteiger partial charge in [-0.05, 0) is 118 Å². The molecule has 1 atom stereocenters. The van der Waals surface area contributed by atoms with Crippen molar-refractivity contribution in [3.63, 3.8) is 0 Å². The van der Waals surface area contributed by atoms with E-state index < -0.39 is 28.5 Å². The summed E-state index contributed by atoms with van der Waals surface area (Å²) in [6.45, 7) is 5.08. The van der Waals surface area contributed by atoms with E-state index in [0.29, 0.717) is 10.7 Å². The van der Waals surface area contributed by atoms with Gasteiger partial charge in [-0.15, -0.1) is 0 Å². The Morgan fingerprint density at radius 3 is 2.07 bits per heavy atom. The summed E-state index contributed by atoms with van der Waals surface area (Å²) in [6, 6.07) is 14.0. The van der Waals surface area contributed by atoms with Gasteiger partial charge < -0.3 is 10.2 Å². The highest BCUT2D eigenvalue weighted by atomic mass is 35.5. The number of hydrogen-bond acceptors (Lipinski definition) is 4. The predicted molar refractivity (Wildman–Crippen MR) is 163 cm³/mol. The molecule has 4 fully saturated rings. The molecule has 0 aliphatic heterocycles. The van der Waals surface area contributed by atoms with Gasteiger partial charge in [0.1, 0.15) is 12.6 Å². The van der Waals surface area contributed by atoms with E-state index in [1.165, 1.54) is 49.0 Å². The van der Waals surface area contributed by atoms with E-state index in [2.05, 4.69) is 17.4 Å². The summed E-state index contributed by atoms with van der Waals surface area (Å²) < 4.78 is 27.2. The van der Waals surface area contributed by atoms with Crippen LogP contribution < -0.4 is 9.62 Å². The Hall–Kier alpha value is -2.58. The van der Waals surface area contributed by atoms with Crippen LogP contribution in [0, 0.1) is 17.8 Å². The van der Waals surface area contributed by atoms with Gasteiger partial charge in [-0.3, -0.25) is 13.9 Å². The Morgan fingerprint density at radius 1 is 0.976 bits per heavy atom. The highest BCUT2D eigenvalue weighted by Gasteiger charge is 2.51. The van der Waals surface area contributed by atoms with Crippen LogP contribution in [0.3, 0.4) is 0 Å². The summed E-state index contributed by atoms with van der Waals surface area (Å²) in [5.74, 6) is 1.66. The maximum atomic E-state index is 13.8. The van der Waals surface area contributed by atoms with Gasteiger partial charge in [-0.2, -0.15) is 0 Å². The van der Waals surface area contributed by atoms with Crippen LogP contribution in [-0.2, 0) is 31.6 Å². The summed E-state index contributed by atoms with van der Waals surface area (Å²) in [5, 5.41) is 3.38. The lowest BCUT2D eigenvalue weighted by Crippen LogP contribution is -2.52. The second-order valence-electron chi connectivity index (χ2n) is 13.0. The van der Waals surface area contributed by atoms with Gasteiger partial charge in [0.25, 0.3) is 0 Å². The second kappa shape index (κ2) is 11.6. The summed E-state index contributed by atoms with van der Waals surface area (Å²) in [7, 11) is -3.78. The molecule has 6 rings (SSSR count). The highest BCUT2D eigenvalue weighted by Crippen LogP contribution is 2.60. The molecule has 0 spiro atoms. The molecular weight excluding hydrogens is 558 g/mol. The summed E-state index contributed by atoms with van der Waals surface area (Å²) in [5.41, 5.74) is 2.70. The SMILES string of the molecule is CC(C)NC(=O)C(C)N(Cc1cccc(Cl)c1)C(=O)CN(c1ccc(C23CC4CC(CC(C4)C2)C3)cc1)S(C)(=O)=O. The molecule has 1 N–H and O–H groups in total. The normalized spacial score (nSPS) is 25.7. The zero-order valence-corrected chi connectivity index (χ0v) is 26.0. The monoisotopic (exact) mass is 599 g/mol. The van der Waals surface area contributed by atoms with Crippen molar-refractivity contribution < 1.29 is 18.0 Å². The Balaban J connectivity index is 1.39. The molecule has 4 aliphatic carbocycles. The maximum Gasteiger partial charge on any atom is 0.244 e. The van der Waals surface area contributed by atoms with Gasteiger partial charge in [0.2, 0.25) is 21.8 Å². The van der Waals surface area contributed by atoms with Crippen LogP contribution in [0.4, 0.5) is 5.69 Å². The molecule has 9 heteroatoms. The van der Waals surface area contributed by atoms with Crippen LogP contribution in [0.2, 0.25) is 5.02 Å². The molecular formula is C32H42ClN3O4S. The highest BCUT2D eigenvalue weighted by molar-refractivity contribution is 7.92. The van der Waals surface area contributed by atoms with E-state index in [1.54, 1.807) is 25.1 Å². The number of carbonyl (C=O) groups is 2. The Labute approximate surface area is 249 Å². The van der Waals surface area contributed by atoms with E-state index in [-0.39, 0.29) is 23.9 Å². The average Bonchev–Trinajstić information content (AvgIpc) is 2.88. The second-order valence-corrected chi connectivity index (χ2v) is 15.3. The third kappa shape index (κ3) is 6.59. The number of rotatable bonds is 10. The number of hydrogen-bond donors (Lipinski definition) is 1. The number of amides is 2. The van der Waals surface area contributed by atoms with E-state index >= 15 is 0 Å². The molecule has 4 saturated carbocycles. The van der Waals surface area contributed by atoms with Crippen LogP contribution in [0.5, 0.6) is 0 Å². The first kappa shape index (κ1) is 29.9. The molecule has 41 heavy (non-hydrogen) atoms. The third-order valence-electron chi connectivity index (χ3n) is 9.33. The fraction of sp³-hybridized carbons (Fsp3) is 0.562. The average molecular weight is 600 g/mol. The van der Waals surface area contributed by atoms with Crippen LogP contribution in [0.1, 0.15) is 70.4 Å². The first-order chi connectivity index (χ1) is 19.3. The quantitative estimate of drug-likeness (QED) is 0.390. The molecule has 0 heterocycles. The zero-order chi connectivity index (χ0) is 29.5. The number of benzene rings is 2. The van der Waals surface area contributed by atoms with E-state index in [1.807, 2.05) is 32.0 Å². The molecule has 4 aliphatic rings. The zero-order valence-electron chi connectivity index (χ0n) is 24.5. The first-order valence-electron chi connectivity index (χ1n) is 14.8. The predicted octanol–water partition coefficient (Wildman–Crippen LogP) is 5.52. The molecule has 2 amide bonds. The Morgan fingerprint density at radius 2 is 1.56 bits per heavy atom. The molecule has 0 aromatic heterocycles. The van der Waals surface area contributed by atoms with E-state index in [4.69, 9.17) is 11.6 Å². The maximum absolute atomic E-state index is 13.8. The van der Waals surface area contributed by atoms with Gasteiger partial charge in [0.05, 0.1) is 11.9 Å². The number of nitrogens with zero attached hydrogens (tertiary/aromatic N) is 2. The first-order valence-corrected chi connectivity index (χ1v) is 17.0. The van der Waals surface area contributed by atoms with Crippen LogP contribution in [-0.4, -0.2) is 50.0 Å². The van der Waals surface area contributed by atoms with Crippen molar-refractivity contribution in [2.24, 2.45) is 17.8 Å². The van der Waals surface area contributed by atoms with Crippen LogP contribution in [0.25, 0.3) is 0 Å². The topological polar surface area (TPSA) is 86.8 Å². The fourth-order valence-corrected chi connectivity index (χ4v) is 8.94. The minimum Gasteiger partial charge on any atom is -0.352 e. The lowest BCUT2D eigenvalue weighted by Gasteiger charge is -2.57. The van der Waals surface area contributed by atoms with Crippen molar-refractivity contribution >= 4 is 39.1 Å². The summed E-state index contributed by atoms with van der Waals surface area (Å²) in [4.78, 5) is 28.2. The largest absolute Gasteiger partial charge is 0.352 e. The molecule has 4 bridgehead atoms. The van der Waals surface area contributed by atoms with Crippen LogP contribution >= 0.6 is 11.6 Å². The van der Waals surface area contributed by atoms with Crippen LogP contribution in [0.15, 0.2) is 48.5 Å². The Bertz CT molecular complexity index is 1360. The van der Waals surface area contributed by atoms with Crippen molar-refractivity contribution in [1.29, 1.82) is 0 Å². The number of halogens is 1. The third-order valence-corrected chi connectivity index (χ3v) is 10.7. The van der Waals surface area contributed by atoms with Gasteiger partial charge >= 0.3 is 0 Å². The number of sulfonamides is 1. The molecule has 0 radical (unpaired) electrons. The number of nitrogens with one attached hydrogen (secondary N) is 1. The van der Waals surface area contributed by atoms with Crippen molar-refractivity contribution in [2.45, 2.75) is 83.3 Å². The number of carbonyl (C=O) groups excluding carboxylic acids is 2. The molecule has 2 aromatic rings. The van der Waals surface area contributed by atoms with Crippen molar-refractivity contribution in [1.82, 2.24) is 10.2 Å². The standard InChI is InChI=1S/C32H42ClN3O4S/c1-21(2)34-31(38)22(3)35(19-23-6-5-7-28(33)15-23)30(37)20-36(41(4,39)40)29-10-8-27(9-11-29)32-16-24-12-25(17-32)14-26(13-24)18-32/h5-11,15,21-22,24-26H,12-14,16-20H2,1-4H3,(H,34,38). The van der Waals surface area contributed by atoms with Gasteiger partial charge in [-0.1, -0.05) is 35.9 Å². The molecule has 1 unspecified atom stereocenters. The molecule has 222 valence electrons. The minimum absolute atomic E-state index is 0.104. The molecule has 2 aromatic carbocycles. The lowest BCUT2D eigenvalue weighted by molar-refractivity contribution is -0.139. The lowest BCUT2D eigenvalue weighted by atomic mass is 9.48. The summed E-state index contributed by atoms with van der Waals surface area (Å²) in [6.07, 6.45) is 8.87. The van der Waals surface area contributed by atoms with Crippen molar-refractivity contribution in [3.8, 4) is 0 Å². The number of anilines is 1. The van der Waals surface area contributed by atoms with E-state index in [0.717, 1.165) is 33.9 Å². The summed E-state index contributed by atoms with van der Waals surface area (Å²) >= 11 is 6.18. The smallest absolute Gasteiger partial charge is 0.244 e. The van der Waals surface area contributed by atoms with Gasteiger partial charge in [0, 0.05) is 17.6 Å². The Kier molecular flexibility index (Phi) is 8.46. The van der Waals surface area contributed by atoms with Gasteiger partial charge in [-0.25, -0.2) is 8.42 Å². The van der Waals surface area contributed by atoms with Gasteiger partial charge in [0.15, 0.2) is 0 Å². The van der Waals surface area contributed by atoms with Crippen molar-refractivity contribution in [3.05, 3.63) is 64.7 Å². The minimum atomic E-state index is -3.78. The fourth-order valence-electron chi connectivity index (χ4n) is 7.88. The van der Waals surface area contributed by atoms with E-state index in [9.17, 15) is 18.0 Å².